The molecule has 1 aliphatic carbocycles. The van der Waals surface area contributed by atoms with Crippen LogP contribution in [0.4, 0.5) is 22.5 Å². The largest absolute Gasteiger partial charge is 0.508 e. The minimum atomic E-state index is -2.49. The number of methoxy groups -OCH3 is 3. The smallest absolute Gasteiger partial charge is 0.407 e. The SMILES string of the molecule is CO[C@H]1C[C@@H]2CC[C@@H](C)[C@@](O)(O2)C(=O)C(=O)N2CCCC[C@H]2C(=O)O[C@H]([C@H](C)C[C@@H]2CC[C@H](n3cc(COC(=O)NCCOCCOCCC(=O)NCc4cnc(N5CCN(c6ncc(C(=O)CCCCCn7nc(-c8cc9cc(O)ccc9[nH]8)c8c(N)ncnc87)cn6)CC5)nc4)nn3)[C@H](OC)C2)CC(=O)[C@H](C)/C=C(\C)[C@@H](O)[C@@H](OC)C(=O)[C@H](C)C[C@H](C)/C=C/C=C/C=C/1C. The average molecular weight is 1810 g/mol. The molecule has 0 unspecified atom stereocenters. The van der Waals surface area contributed by atoms with Crippen LogP contribution in [0.25, 0.3) is 33.3 Å². The number of H-pyrrole nitrogens is 1. The molecule has 3 amide bonds. The number of rotatable bonds is 30. The van der Waals surface area contributed by atoms with E-state index < -0.39 is 89.8 Å². The highest BCUT2D eigenvalue weighted by Gasteiger charge is 2.53. The Hall–Kier alpha value is -11.2. The molecule has 0 radical (unpaired) electrons. The summed E-state index contributed by atoms with van der Waals surface area (Å²) in [6.07, 6.45) is 22.6. The number of phenols is 1. The van der Waals surface area contributed by atoms with E-state index >= 15 is 0 Å². The Morgan fingerprint density at radius 2 is 1.51 bits per heavy atom. The third-order valence-electron chi connectivity index (χ3n) is 25.8. The molecule has 37 heteroatoms. The molecule has 5 aliphatic rings. The molecule has 1 saturated carbocycles. The second kappa shape index (κ2) is 47.3. The average Bonchev–Trinajstić information content (AvgIpc) is 1.56. The number of nitrogen functional groups attached to an aromatic ring is 1. The highest BCUT2D eigenvalue weighted by Crippen LogP contribution is 2.41. The number of unbranched alkanes of at least 4 members (excludes halogenated alkanes) is 2. The number of ketones is 4. The van der Waals surface area contributed by atoms with E-state index in [1.165, 1.54) is 18.3 Å². The number of cyclic esters (lactones) is 1. The molecule has 12 rings (SSSR count). The number of carbonyl (C=O) groups is 8. The van der Waals surface area contributed by atoms with Gasteiger partial charge in [0.05, 0.1) is 73.6 Å². The van der Waals surface area contributed by atoms with Gasteiger partial charge in [-0.3, -0.25) is 28.8 Å². The van der Waals surface area contributed by atoms with Crippen molar-refractivity contribution in [2.45, 2.75) is 232 Å². The van der Waals surface area contributed by atoms with Gasteiger partial charge in [-0.1, -0.05) is 82.7 Å². The van der Waals surface area contributed by atoms with Gasteiger partial charge < -0.3 is 89.3 Å². The highest BCUT2D eigenvalue weighted by atomic mass is 16.6. The molecule has 15 atom stereocenters. The molecule has 3 saturated heterocycles. The van der Waals surface area contributed by atoms with Crippen molar-refractivity contribution < 1.29 is 91.6 Å². The first kappa shape index (κ1) is 98.8. The third kappa shape index (κ3) is 26.2. The van der Waals surface area contributed by atoms with Gasteiger partial charge in [-0.2, -0.15) is 5.10 Å². The molecule has 7 aromatic rings. The monoisotopic (exact) mass is 1810 g/mol. The lowest BCUT2D eigenvalue weighted by molar-refractivity contribution is -0.265. The third-order valence-corrected chi connectivity index (χ3v) is 25.8. The van der Waals surface area contributed by atoms with Crippen LogP contribution in [0.15, 0.2) is 109 Å². The van der Waals surface area contributed by atoms with E-state index in [0.717, 1.165) is 40.6 Å². The maximum Gasteiger partial charge on any atom is 0.407 e. The lowest BCUT2D eigenvalue weighted by Gasteiger charge is -2.42. The number of hydrogen-bond donors (Lipinski definition) is 7. The van der Waals surface area contributed by atoms with Crippen LogP contribution in [0.5, 0.6) is 5.75 Å². The fourth-order valence-corrected chi connectivity index (χ4v) is 18.0. The van der Waals surface area contributed by atoms with E-state index in [1.807, 2.05) is 61.9 Å². The van der Waals surface area contributed by atoms with Crippen molar-refractivity contribution in [2.24, 2.45) is 35.5 Å². The number of amides is 3. The maximum absolute atomic E-state index is 14.8. The standard InChI is InChI=1S/C94H128N18O19/c1-57-19-13-11-14-20-58(2)77(124-8)47-70-26-23-63(7)94(123,131-70)86(119)89(120)110-31-18-16-21-74(110)90(121)130-78(48-76(115)59(3)42-62(6)84(118)85(126-10)83(117)61(5)41-57)60(4)43-64-24-28-73(79(44-64)125-9)112-54-68(105-107-112)55-129-93(122)96-30-38-128-40-39-127-37-29-80(116)97-49-65-50-98-91(99-51-65)108-33-35-109(36-34-108)92-100-52-67(53-101-92)75(114)22-15-12-17-32-111-88-81(87(95)102-56-103-88)82(106-111)72-46-66-45-69(113)25-27-71(66)104-72/h11,13-14,19-20,25,27,42,45-46,50-54,56-57,59-61,63-64,70,73-74,77-79,84-85,104,113,118,123H,12,15-18,21-24,26,28-41,43-44,47-49,55H2,1-10H3,(H,96,122)(H,97,116)(H2,95,102,103)/b14-11+,19-13+,58-20+,62-42+/t57-,59-,60-,61-,63-,64+,70+,73+,74+,77+,78+,79-,84-,85+,94-/m1/s1. The van der Waals surface area contributed by atoms with Crippen LogP contribution in [0.3, 0.4) is 0 Å². The van der Waals surface area contributed by atoms with Crippen LogP contribution in [0.2, 0.25) is 0 Å². The summed E-state index contributed by atoms with van der Waals surface area (Å²) in [5.74, 6) is -7.30. The van der Waals surface area contributed by atoms with E-state index in [9.17, 15) is 53.7 Å². The number of nitrogens with zero attached hydrogens (tertiary/aromatic N) is 14. The molecule has 131 heavy (non-hydrogen) atoms. The predicted molar refractivity (Wildman–Crippen MR) is 484 cm³/mol. The summed E-state index contributed by atoms with van der Waals surface area (Å²) in [6, 6.07) is 5.55. The van der Waals surface area contributed by atoms with Crippen LogP contribution in [0, 0.1) is 35.5 Å². The zero-order valence-corrected chi connectivity index (χ0v) is 76.7. The summed E-state index contributed by atoms with van der Waals surface area (Å²) in [4.78, 5) is 147. The van der Waals surface area contributed by atoms with E-state index in [2.05, 4.69) is 65.6 Å². The number of esters is 1. The van der Waals surface area contributed by atoms with Gasteiger partial charge in [0.1, 0.15) is 66.0 Å². The number of hydrogen-bond acceptors (Lipinski definition) is 31. The van der Waals surface area contributed by atoms with E-state index in [1.54, 1.807) is 102 Å². The molecule has 4 fully saturated rings. The minimum Gasteiger partial charge on any atom is -0.508 e. The van der Waals surface area contributed by atoms with Gasteiger partial charge in [0.15, 0.2) is 17.2 Å². The Kier molecular flexibility index (Phi) is 35.7. The molecule has 4 aliphatic heterocycles. The number of alkyl carbamates (subject to hydrolysis) is 1. The Labute approximate surface area is 762 Å². The first-order valence-electron chi connectivity index (χ1n) is 45.8. The Morgan fingerprint density at radius 1 is 0.771 bits per heavy atom. The number of benzene rings is 1. The van der Waals surface area contributed by atoms with Crippen LogP contribution in [-0.2, 0) is 86.4 Å². The first-order chi connectivity index (χ1) is 63.1. The number of piperidine rings is 1. The van der Waals surface area contributed by atoms with Gasteiger partial charge in [-0.05, 0) is 144 Å². The van der Waals surface area contributed by atoms with Crippen molar-refractivity contribution in [1.82, 2.24) is 75.2 Å². The lowest BCUT2D eigenvalue weighted by Crippen LogP contribution is -2.61. The topological polar surface area (TPSA) is 473 Å². The number of Topliss-reactive ketones (excluding diaryl/α,β-unsaturated/α-hetero) is 4. The summed E-state index contributed by atoms with van der Waals surface area (Å²) in [6.45, 7) is 16.7. The number of nitrogens with two attached hydrogens (primary N) is 1. The van der Waals surface area contributed by atoms with Crippen molar-refractivity contribution in [1.29, 1.82) is 0 Å². The number of piperazine rings is 1. The predicted octanol–water partition coefficient (Wildman–Crippen LogP) is 9.54. The lowest BCUT2D eigenvalue weighted by atomic mass is 9.77. The van der Waals surface area contributed by atoms with Gasteiger partial charge in [0.25, 0.3) is 11.7 Å². The number of fused-ring (bicyclic) bond motifs is 5. The molecule has 0 spiro atoms. The van der Waals surface area contributed by atoms with Gasteiger partial charge in [0.2, 0.25) is 23.6 Å². The Morgan fingerprint density at radius 3 is 2.24 bits per heavy atom. The van der Waals surface area contributed by atoms with Crippen molar-refractivity contribution in [2.75, 3.05) is 103 Å². The number of aromatic nitrogens is 12. The van der Waals surface area contributed by atoms with Crippen LogP contribution < -0.4 is 26.2 Å². The van der Waals surface area contributed by atoms with Crippen molar-refractivity contribution in [3.63, 3.8) is 0 Å². The molecule has 1 aromatic carbocycles. The van der Waals surface area contributed by atoms with E-state index in [-0.39, 0.29) is 131 Å². The van der Waals surface area contributed by atoms with Crippen LogP contribution in [-0.4, -0.2) is 262 Å². The molecule has 10 heterocycles. The zero-order valence-electron chi connectivity index (χ0n) is 76.7. The number of anilines is 3. The van der Waals surface area contributed by atoms with Crippen LogP contribution >= 0.6 is 0 Å². The number of nitrogens with one attached hydrogen (secondary N) is 3. The van der Waals surface area contributed by atoms with Gasteiger partial charge in [-0.15, -0.1) is 5.10 Å². The number of aromatic amines is 1. The zero-order chi connectivity index (χ0) is 93.4. The molecule has 708 valence electrons. The number of carbonyl (C=O) groups excluding carboxylic acids is 8. The molecule has 6 aromatic heterocycles. The molecular weight excluding hydrogens is 1690 g/mol. The summed E-state index contributed by atoms with van der Waals surface area (Å²) in [5, 5.41) is 54.4. The van der Waals surface area contributed by atoms with Gasteiger partial charge in [0, 0.05) is 158 Å². The number of aliphatic hydroxyl groups is 2. The fourth-order valence-electron chi connectivity index (χ4n) is 18.0. The summed E-state index contributed by atoms with van der Waals surface area (Å²) >= 11 is 0. The highest BCUT2D eigenvalue weighted by molar-refractivity contribution is 6.39. The second-order valence-corrected chi connectivity index (χ2v) is 35.4. The first-order valence-corrected chi connectivity index (χ1v) is 45.8. The van der Waals surface area contributed by atoms with E-state index in [4.69, 9.17) is 48.7 Å². The molecule has 37 nitrogen and oxygen atoms in total. The number of ether oxygens (including phenoxy) is 8. The van der Waals surface area contributed by atoms with Crippen molar-refractivity contribution in [3.05, 3.63) is 126 Å². The van der Waals surface area contributed by atoms with Crippen LogP contribution in [0.1, 0.15) is 185 Å². The van der Waals surface area contributed by atoms with Gasteiger partial charge >= 0.3 is 12.1 Å². The second-order valence-electron chi connectivity index (χ2n) is 35.4. The number of phenolic OH excluding ortho intramolecular Hbond substituents is 1. The summed E-state index contributed by atoms with van der Waals surface area (Å²) < 4.78 is 50.6. The fraction of sp³-hybridized carbons (Fsp3) is 0.585. The van der Waals surface area contributed by atoms with Crippen molar-refractivity contribution >= 4 is 86.7 Å². The molecular formula is C94H128N18O19. The summed E-state index contributed by atoms with van der Waals surface area (Å²) in [7, 11) is 4.55. The van der Waals surface area contributed by atoms with E-state index in [0.29, 0.717) is 155 Å². The Bertz CT molecular complexity index is 5160. The number of aromatic hydroxyl groups is 1. The number of aryl methyl sites for hydroxylation is 1. The molecule has 2 bridgehead atoms. The Balaban J connectivity index is 0.534. The van der Waals surface area contributed by atoms with Gasteiger partial charge in [-0.25, -0.2) is 48.9 Å². The molecule has 8 N–H and O–H groups in total. The normalized spacial score (nSPS) is 26.6. The maximum atomic E-state index is 14.8. The minimum absolute atomic E-state index is 0.00958. The number of aliphatic hydroxyl groups excluding tert-OH is 1. The quantitative estimate of drug-likeness (QED) is 0.00724. The summed E-state index contributed by atoms with van der Waals surface area (Å²) in [5.41, 5.74) is 11.9. The van der Waals surface area contributed by atoms with Crippen molar-refractivity contribution in [3.8, 4) is 17.1 Å². The number of allylic oxidation sites excluding steroid dienone is 6.